The lowest BCUT2D eigenvalue weighted by Crippen LogP contribution is -2.15. The average Bonchev–Trinajstić information content (AvgIpc) is 2.66. The number of thioether (sulfide) groups is 1. The van der Waals surface area contributed by atoms with Crippen LogP contribution in [0.3, 0.4) is 0 Å². The first kappa shape index (κ1) is 18.9. The van der Waals surface area contributed by atoms with Gasteiger partial charge in [-0.3, -0.25) is 4.79 Å². The zero-order valence-electron chi connectivity index (χ0n) is 14.4. The molecular formula is C19H20O5S. The topological polar surface area (TPSA) is 61.8 Å². The molecule has 0 atom stereocenters. The molecule has 132 valence electrons. The van der Waals surface area contributed by atoms with Crippen LogP contribution in [0.1, 0.15) is 27.6 Å². The van der Waals surface area contributed by atoms with Gasteiger partial charge in [0.2, 0.25) is 5.78 Å². The Morgan fingerprint density at radius 2 is 1.76 bits per heavy atom. The molecule has 0 unspecified atom stereocenters. The van der Waals surface area contributed by atoms with Crippen LogP contribution < -0.4 is 9.47 Å². The molecule has 0 aliphatic heterocycles. The Labute approximate surface area is 151 Å². The Bertz CT molecular complexity index is 757. The standard InChI is InChI=1S/C19H20O5S/c1-4-25-18-8-6-5-7-14(18)19(21)24-12-16(20)15-11-13(22-2)9-10-17(15)23-3/h5-11H,4,12H2,1-3H3. The molecule has 2 aromatic rings. The highest BCUT2D eigenvalue weighted by molar-refractivity contribution is 7.99. The van der Waals surface area contributed by atoms with E-state index in [4.69, 9.17) is 14.2 Å². The van der Waals surface area contributed by atoms with Gasteiger partial charge < -0.3 is 14.2 Å². The number of rotatable bonds is 8. The maximum Gasteiger partial charge on any atom is 0.339 e. The quantitative estimate of drug-likeness (QED) is 0.405. The number of methoxy groups -OCH3 is 2. The van der Waals surface area contributed by atoms with Crippen molar-refractivity contribution < 1.29 is 23.8 Å². The molecule has 0 bridgehead atoms. The molecule has 0 N–H and O–H groups in total. The zero-order chi connectivity index (χ0) is 18.2. The molecule has 0 aliphatic rings. The fourth-order valence-electron chi connectivity index (χ4n) is 2.24. The highest BCUT2D eigenvalue weighted by Crippen LogP contribution is 2.25. The van der Waals surface area contributed by atoms with Crippen LogP contribution in [0, 0.1) is 0 Å². The van der Waals surface area contributed by atoms with E-state index in [2.05, 4.69) is 0 Å². The maximum absolute atomic E-state index is 12.4. The lowest BCUT2D eigenvalue weighted by Gasteiger charge is -2.11. The predicted molar refractivity (Wildman–Crippen MR) is 97.0 cm³/mol. The molecule has 25 heavy (non-hydrogen) atoms. The molecular weight excluding hydrogens is 340 g/mol. The predicted octanol–water partition coefficient (Wildman–Crippen LogP) is 3.86. The molecule has 6 heteroatoms. The van der Waals surface area contributed by atoms with Crippen molar-refractivity contribution in [3.8, 4) is 11.5 Å². The second-order valence-electron chi connectivity index (χ2n) is 4.99. The summed E-state index contributed by atoms with van der Waals surface area (Å²) in [5, 5.41) is 0. The van der Waals surface area contributed by atoms with Crippen molar-refractivity contribution in [3.05, 3.63) is 53.6 Å². The summed E-state index contributed by atoms with van der Waals surface area (Å²) in [4.78, 5) is 25.6. The lowest BCUT2D eigenvalue weighted by atomic mass is 10.1. The molecule has 5 nitrogen and oxygen atoms in total. The van der Waals surface area contributed by atoms with Crippen LogP contribution in [0.15, 0.2) is 47.4 Å². The highest BCUT2D eigenvalue weighted by Gasteiger charge is 2.18. The van der Waals surface area contributed by atoms with E-state index >= 15 is 0 Å². The van der Waals surface area contributed by atoms with Crippen molar-refractivity contribution in [1.82, 2.24) is 0 Å². The lowest BCUT2D eigenvalue weighted by molar-refractivity contribution is 0.0470. The third-order valence-corrected chi connectivity index (χ3v) is 4.40. The van der Waals surface area contributed by atoms with Crippen molar-refractivity contribution >= 4 is 23.5 Å². The summed E-state index contributed by atoms with van der Waals surface area (Å²) in [5.74, 6) is 0.893. The van der Waals surface area contributed by atoms with Crippen molar-refractivity contribution in [3.63, 3.8) is 0 Å². The van der Waals surface area contributed by atoms with Gasteiger partial charge in [-0.15, -0.1) is 11.8 Å². The molecule has 0 aromatic heterocycles. The van der Waals surface area contributed by atoms with Gasteiger partial charge in [0.1, 0.15) is 11.5 Å². The number of hydrogen-bond donors (Lipinski definition) is 0. The summed E-state index contributed by atoms with van der Waals surface area (Å²) in [5.41, 5.74) is 0.769. The molecule has 2 aromatic carbocycles. The fraction of sp³-hybridized carbons (Fsp3) is 0.263. The van der Waals surface area contributed by atoms with E-state index in [0.29, 0.717) is 22.6 Å². The number of carbonyl (C=O) groups is 2. The number of ketones is 1. The number of hydrogen-bond acceptors (Lipinski definition) is 6. The Morgan fingerprint density at radius 1 is 1.00 bits per heavy atom. The van der Waals surface area contributed by atoms with Crippen molar-refractivity contribution in [2.75, 3.05) is 26.6 Å². The van der Waals surface area contributed by atoms with Gasteiger partial charge in [0.15, 0.2) is 6.61 Å². The minimum absolute atomic E-state index is 0.311. The van der Waals surface area contributed by atoms with Gasteiger partial charge in [0.05, 0.1) is 25.3 Å². The first-order valence-electron chi connectivity index (χ1n) is 7.74. The van der Waals surface area contributed by atoms with E-state index in [9.17, 15) is 9.59 Å². The summed E-state index contributed by atoms with van der Waals surface area (Å²) in [6.45, 7) is 1.64. The average molecular weight is 360 g/mol. The molecule has 0 saturated carbocycles. The third kappa shape index (κ3) is 4.76. The first-order chi connectivity index (χ1) is 12.1. The van der Waals surface area contributed by atoms with Gasteiger partial charge >= 0.3 is 5.97 Å². The SMILES string of the molecule is CCSc1ccccc1C(=O)OCC(=O)c1cc(OC)ccc1OC. The number of carbonyl (C=O) groups excluding carboxylic acids is 2. The minimum atomic E-state index is -0.522. The molecule has 0 spiro atoms. The van der Waals surface area contributed by atoms with Gasteiger partial charge in [-0.2, -0.15) is 0 Å². The zero-order valence-corrected chi connectivity index (χ0v) is 15.2. The van der Waals surface area contributed by atoms with E-state index in [1.807, 2.05) is 19.1 Å². The maximum atomic E-state index is 12.4. The summed E-state index contributed by atoms with van der Waals surface area (Å²) in [6, 6.07) is 12.1. The summed E-state index contributed by atoms with van der Waals surface area (Å²) in [7, 11) is 2.99. The Hall–Kier alpha value is -2.47. The van der Waals surface area contributed by atoms with E-state index in [1.165, 1.54) is 14.2 Å². The number of esters is 1. The smallest absolute Gasteiger partial charge is 0.339 e. The Morgan fingerprint density at radius 3 is 2.44 bits per heavy atom. The third-order valence-electron chi connectivity index (χ3n) is 3.45. The molecule has 0 heterocycles. The number of benzene rings is 2. The van der Waals surface area contributed by atoms with Crippen LogP contribution >= 0.6 is 11.8 Å². The van der Waals surface area contributed by atoms with E-state index < -0.39 is 5.97 Å². The number of ether oxygens (including phenoxy) is 3. The van der Waals surface area contributed by atoms with Gasteiger partial charge in [0, 0.05) is 4.90 Å². The first-order valence-corrected chi connectivity index (χ1v) is 8.73. The minimum Gasteiger partial charge on any atom is -0.497 e. The van der Waals surface area contributed by atoms with Crippen molar-refractivity contribution in [1.29, 1.82) is 0 Å². The van der Waals surface area contributed by atoms with Crippen LogP contribution in [0.4, 0.5) is 0 Å². The normalized spacial score (nSPS) is 10.2. The largest absolute Gasteiger partial charge is 0.497 e. The van der Waals surface area contributed by atoms with Gasteiger partial charge in [-0.1, -0.05) is 19.1 Å². The van der Waals surface area contributed by atoms with Gasteiger partial charge in [-0.25, -0.2) is 4.79 Å². The highest BCUT2D eigenvalue weighted by atomic mass is 32.2. The van der Waals surface area contributed by atoms with Gasteiger partial charge in [-0.05, 0) is 36.1 Å². The van der Waals surface area contributed by atoms with Crippen molar-refractivity contribution in [2.45, 2.75) is 11.8 Å². The van der Waals surface area contributed by atoms with Gasteiger partial charge in [0.25, 0.3) is 0 Å². The number of Topliss-reactive ketones (excluding diaryl/α,β-unsaturated/α-hetero) is 1. The van der Waals surface area contributed by atoms with E-state index in [0.717, 1.165) is 10.6 Å². The monoisotopic (exact) mass is 360 g/mol. The summed E-state index contributed by atoms with van der Waals surface area (Å²) >= 11 is 1.55. The summed E-state index contributed by atoms with van der Waals surface area (Å²) < 4.78 is 15.5. The Balaban J connectivity index is 2.11. The second kappa shape index (κ2) is 9.13. The van der Waals surface area contributed by atoms with Crippen LogP contribution in [0.2, 0.25) is 0 Å². The Kier molecular flexibility index (Phi) is 6.89. The van der Waals surface area contributed by atoms with Crippen LogP contribution in [-0.4, -0.2) is 38.3 Å². The second-order valence-corrected chi connectivity index (χ2v) is 6.30. The van der Waals surface area contributed by atoms with Crippen molar-refractivity contribution in [2.24, 2.45) is 0 Å². The molecule has 0 saturated heterocycles. The molecule has 0 amide bonds. The summed E-state index contributed by atoms with van der Waals surface area (Å²) in [6.07, 6.45) is 0. The van der Waals surface area contributed by atoms with E-state index in [1.54, 1.807) is 42.1 Å². The van der Waals surface area contributed by atoms with E-state index in [-0.39, 0.29) is 12.4 Å². The van der Waals surface area contributed by atoms with Crippen LogP contribution in [0.5, 0.6) is 11.5 Å². The molecule has 0 aliphatic carbocycles. The fourth-order valence-corrected chi connectivity index (χ4v) is 3.03. The molecule has 0 radical (unpaired) electrons. The van der Waals surface area contributed by atoms with Crippen LogP contribution in [-0.2, 0) is 4.74 Å². The molecule has 0 fully saturated rings. The molecule has 2 rings (SSSR count). The van der Waals surface area contributed by atoms with Crippen LogP contribution in [0.25, 0.3) is 0 Å².